The highest BCUT2D eigenvalue weighted by Gasteiger charge is 2.24. The molecule has 0 N–H and O–H groups in total. The first kappa shape index (κ1) is 11.0. The SMILES string of the molecule is CC1CCCC(c2cnc(C(C)Cl)o2)C1. The monoisotopic (exact) mass is 227 g/mol. The van der Waals surface area contributed by atoms with Crippen molar-refractivity contribution in [2.75, 3.05) is 0 Å². The third kappa shape index (κ3) is 2.54. The smallest absolute Gasteiger partial charge is 0.212 e. The van der Waals surface area contributed by atoms with Crippen molar-refractivity contribution in [3.63, 3.8) is 0 Å². The molecule has 15 heavy (non-hydrogen) atoms. The molecule has 0 saturated heterocycles. The van der Waals surface area contributed by atoms with Crippen LogP contribution < -0.4 is 0 Å². The highest BCUT2D eigenvalue weighted by molar-refractivity contribution is 6.20. The van der Waals surface area contributed by atoms with Gasteiger partial charge < -0.3 is 4.42 Å². The molecule has 0 aromatic carbocycles. The molecule has 0 bridgehead atoms. The van der Waals surface area contributed by atoms with Crippen molar-refractivity contribution in [3.8, 4) is 0 Å². The van der Waals surface area contributed by atoms with Gasteiger partial charge in [-0.05, 0) is 25.7 Å². The fraction of sp³-hybridized carbons (Fsp3) is 0.750. The van der Waals surface area contributed by atoms with Gasteiger partial charge in [0.15, 0.2) is 0 Å². The van der Waals surface area contributed by atoms with Crippen molar-refractivity contribution in [2.45, 2.75) is 50.8 Å². The summed E-state index contributed by atoms with van der Waals surface area (Å²) >= 11 is 5.93. The third-order valence-corrected chi connectivity index (χ3v) is 3.41. The zero-order chi connectivity index (χ0) is 10.8. The Morgan fingerprint density at radius 1 is 1.53 bits per heavy atom. The molecule has 1 fully saturated rings. The lowest BCUT2D eigenvalue weighted by atomic mass is 9.81. The largest absolute Gasteiger partial charge is 0.444 e. The van der Waals surface area contributed by atoms with Crippen LogP contribution in [0.25, 0.3) is 0 Å². The Hall–Kier alpha value is -0.500. The topological polar surface area (TPSA) is 26.0 Å². The Kier molecular flexibility index (Phi) is 3.35. The lowest BCUT2D eigenvalue weighted by Gasteiger charge is -2.24. The molecule has 0 amide bonds. The van der Waals surface area contributed by atoms with Crippen LogP contribution in [-0.2, 0) is 0 Å². The summed E-state index contributed by atoms with van der Waals surface area (Å²) in [5.41, 5.74) is 0. The Morgan fingerprint density at radius 2 is 2.33 bits per heavy atom. The molecule has 1 aromatic rings. The van der Waals surface area contributed by atoms with E-state index in [1.165, 1.54) is 25.7 Å². The van der Waals surface area contributed by atoms with Gasteiger partial charge in [-0.25, -0.2) is 4.98 Å². The molecule has 3 atom stereocenters. The van der Waals surface area contributed by atoms with Gasteiger partial charge >= 0.3 is 0 Å². The summed E-state index contributed by atoms with van der Waals surface area (Å²) in [6, 6.07) is 0. The first-order valence-corrected chi connectivity index (χ1v) is 6.20. The van der Waals surface area contributed by atoms with E-state index in [0.717, 1.165) is 11.7 Å². The Morgan fingerprint density at radius 3 is 2.93 bits per heavy atom. The van der Waals surface area contributed by atoms with Gasteiger partial charge in [0, 0.05) is 5.92 Å². The quantitative estimate of drug-likeness (QED) is 0.706. The van der Waals surface area contributed by atoms with Crippen molar-refractivity contribution in [3.05, 3.63) is 17.8 Å². The summed E-state index contributed by atoms with van der Waals surface area (Å²) in [4.78, 5) is 4.22. The van der Waals surface area contributed by atoms with Gasteiger partial charge in [-0.2, -0.15) is 0 Å². The van der Waals surface area contributed by atoms with Crippen LogP contribution in [0.4, 0.5) is 0 Å². The molecule has 1 aromatic heterocycles. The molecule has 2 rings (SSSR count). The summed E-state index contributed by atoms with van der Waals surface area (Å²) in [5.74, 6) is 3.06. The van der Waals surface area contributed by atoms with Crippen LogP contribution in [0.5, 0.6) is 0 Å². The van der Waals surface area contributed by atoms with Gasteiger partial charge in [-0.1, -0.05) is 19.8 Å². The molecule has 0 spiro atoms. The second kappa shape index (κ2) is 4.56. The van der Waals surface area contributed by atoms with Crippen molar-refractivity contribution >= 4 is 11.6 Å². The molecule has 3 heteroatoms. The number of nitrogens with zero attached hydrogens (tertiary/aromatic N) is 1. The predicted molar refractivity (Wildman–Crippen MR) is 61.1 cm³/mol. The van der Waals surface area contributed by atoms with E-state index in [9.17, 15) is 0 Å². The van der Waals surface area contributed by atoms with Crippen LogP contribution in [0.1, 0.15) is 62.5 Å². The van der Waals surface area contributed by atoms with E-state index < -0.39 is 0 Å². The number of hydrogen-bond acceptors (Lipinski definition) is 2. The molecule has 0 radical (unpaired) electrons. The average Bonchev–Trinajstić information content (AvgIpc) is 2.66. The molecular formula is C12H18ClNO. The molecule has 1 aliphatic carbocycles. The summed E-state index contributed by atoms with van der Waals surface area (Å²) in [6.45, 7) is 4.20. The summed E-state index contributed by atoms with van der Waals surface area (Å²) in [7, 11) is 0. The van der Waals surface area contributed by atoms with E-state index in [-0.39, 0.29) is 5.38 Å². The Bertz CT molecular complexity index is 321. The van der Waals surface area contributed by atoms with Crippen LogP contribution in [0, 0.1) is 5.92 Å². The number of aromatic nitrogens is 1. The number of halogens is 1. The van der Waals surface area contributed by atoms with E-state index in [1.807, 2.05) is 13.1 Å². The second-order valence-electron chi connectivity index (χ2n) is 4.69. The van der Waals surface area contributed by atoms with Crippen LogP contribution in [0.3, 0.4) is 0 Å². The van der Waals surface area contributed by atoms with Crippen molar-refractivity contribution < 1.29 is 4.42 Å². The highest BCUT2D eigenvalue weighted by atomic mass is 35.5. The zero-order valence-corrected chi connectivity index (χ0v) is 10.1. The van der Waals surface area contributed by atoms with E-state index >= 15 is 0 Å². The third-order valence-electron chi connectivity index (χ3n) is 3.22. The molecule has 1 heterocycles. The maximum atomic E-state index is 5.93. The summed E-state index contributed by atoms with van der Waals surface area (Å²) in [5, 5.41) is -0.125. The Balaban J connectivity index is 2.08. The molecular weight excluding hydrogens is 210 g/mol. The van der Waals surface area contributed by atoms with Gasteiger partial charge in [0.2, 0.25) is 5.89 Å². The maximum absolute atomic E-state index is 5.93. The van der Waals surface area contributed by atoms with Crippen LogP contribution >= 0.6 is 11.6 Å². The predicted octanol–water partition coefficient (Wildman–Crippen LogP) is 4.27. The van der Waals surface area contributed by atoms with Crippen molar-refractivity contribution in [1.29, 1.82) is 0 Å². The van der Waals surface area contributed by atoms with Crippen molar-refractivity contribution in [2.24, 2.45) is 5.92 Å². The lowest BCUT2D eigenvalue weighted by molar-refractivity contribution is 0.303. The van der Waals surface area contributed by atoms with Gasteiger partial charge in [-0.15, -0.1) is 11.6 Å². The summed E-state index contributed by atoms with van der Waals surface area (Å²) in [6.07, 6.45) is 6.97. The second-order valence-corrected chi connectivity index (χ2v) is 5.34. The van der Waals surface area contributed by atoms with Gasteiger partial charge in [0.05, 0.1) is 6.20 Å². The first-order chi connectivity index (χ1) is 7.16. The molecule has 1 saturated carbocycles. The summed E-state index contributed by atoms with van der Waals surface area (Å²) < 4.78 is 5.69. The minimum Gasteiger partial charge on any atom is -0.444 e. The first-order valence-electron chi connectivity index (χ1n) is 5.76. The molecule has 1 aliphatic rings. The number of hydrogen-bond donors (Lipinski definition) is 0. The van der Waals surface area contributed by atoms with E-state index in [0.29, 0.717) is 11.8 Å². The number of oxazole rings is 1. The standard InChI is InChI=1S/C12H18ClNO/c1-8-4-3-5-10(6-8)11-7-14-12(15-11)9(2)13/h7-10H,3-6H2,1-2H3. The van der Waals surface area contributed by atoms with Crippen LogP contribution in [-0.4, -0.2) is 4.98 Å². The van der Waals surface area contributed by atoms with Gasteiger partial charge in [0.25, 0.3) is 0 Å². The van der Waals surface area contributed by atoms with E-state index in [4.69, 9.17) is 16.0 Å². The van der Waals surface area contributed by atoms with Gasteiger partial charge in [0.1, 0.15) is 11.1 Å². The van der Waals surface area contributed by atoms with E-state index in [1.54, 1.807) is 0 Å². The zero-order valence-electron chi connectivity index (χ0n) is 9.37. The molecule has 3 unspecified atom stereocenters. The molecule has 2 nitrogen and oxygen atoms in total. The number of alkyl halides is 1. The minimum atomic E-state index is -0.125. The maximum Gasteiger partial charge on any atom is 0.212 e. The van der Waals surface area contributed by atoms with Crippen molar-refractivity contribution in [1.82, 2.24) is 4.98 Å². The van der Waals surface area contributed by atoms with Crippen LogP contribution in [0.15, 0.2) is 10.6 Å². The average molecular weight is 228 g/mol. The fourth-order valence-corrected chi connectivity index (χ4v) is 2.47. The number of rotatable bonds is 2. The van der Waals surface area contributed by atoms with E-state index in [2.05, 4.69) is 11.9 Å². The highest BCUT2D eigenvalue weighted by Crippen LogP contribution is 2.36. The fourth-order valence-electron chi connectivity index (χ4n) is 2.37. The lowest BCUT2D eigenvalue weighted by Crippen LogP contribution is -2.10. The molecule has 84 valence electrons. The Labute approximate surface area is 96.0 Å². The molecule has 0 aliphatic heterocycles. The van der Waals surface area contributed by atoms with Crippen LogP contribution in [0.2, 0.25) is 0 Å². The van der Waals surface area contributed by atoms with Gasteiger partial charge in [-0.3, -0.25) is 0 Å². The normalized spacial score (nSPS) is 29.0. The minimum absolute atomic E-state index is 0.125.